The number of thiazole rings is 1. The quantitative estimate of drug-likeness (QED) is 0.480. The van der Waals surface area contributed by atoms with Gasteiger partial charge in [-0.2, -0.15) is 0 Å². The Labute approximate surface area is 187 Å². The largest absolute Gasteiger partial charge is 0.486 e. The molecule has 3 aromatic rings. The van der Waals surface area contributed by atoms with E-state index in [0.717, 1.165) is 0 Å². The second-order valence-electron chi connectivity index (χ2n) is 6.45. The lowest BCUT2D eigenvalue weighted by atomic mass is 10.2. The lowest BCUT2D eigenvalue weighted by Crippen LogP contribution is -2.35. The van der Waals surface area contributed by atoms with Crippen molar-refractivity contribution in [1.29, 1.82) is 0 Å². The van der Waals surface area contributed by atoms with Crippen molar-refractivity contribution in [3.05, 3.63) is 75.2 Å². The van der Waals surface area contributed by atoms with E-state index in [2.05, 4.69) is 4.98 Å². The number of carbonyl (C=O) groups is 2. The fourth-order valence-electron chi connectivity index (χ4n) is 2.86. The molecule has 1 aromatic heterocycles. The Morgan fingerprint density at radius 2 is 1.84 bits per heavy atom. The van der Waals surface area contributed by atoms with Crippen molar-refractivity contribution < 1.29 is 27.5 Å². The summed E-state index contributed by atoms with van der Waals surface area (Å²) in [6, 6.07) is 12.7. The van der Waals surface area contributed by atoms with Gasteiger partial charge in [0.05, 0.1) is 11.3 Å². The lowest BCUT2D eigenvalue weighted by Gasteiger charge is -2.13. The maximum Gasteiger partial charge on any atom is 0.327 e. The molecule has 31 heavy (non-hydrogen) atoms. The molecule has 0 saturated carbocycles. The molecular formula is C20H15ClN2O6S2. The number of halogens is 1. The molecule has 0 spiro atoms. The first-order valence-electron chi connectivity index (χ1n) is 8.98. The zero-order valence-corrected chi connectivity index (χ0v) is 18.2. The first-order chi connectivity index (χ1) is 14.8. The van der Waals surface area contributed by atoms with Crippen LogP contribution < -0.4 is 4.74 Å². The Kier molecular flexibility index (Phi) is 5.94. The first kappa shape index (κ1) is 21.3. The van der Waals surface area contributed by atoms with Crippen LogP contribution in [0.5, 0.6) is 5.75 Å². The third-order valence-electron chi connectivity index (χ3n) is 4.34. The molecule has 0 radical (unpaired) electrons. The van der Waals surface area contributed by atoms with Crippen LogP contribution in [-0.4, -0.2) is 36.1 Å². The van der Waals surface area contributed by atoms with Gasteiger partial charge in [0.25, 0.3) is 15.9 Å². The normalized spacial score (nSPS) is 14.4. The Morgan fingerprint density at radius 3 is 2.58 bits per heavy atom. The summed E-state index contributed by atoms with van der Waals surface area (Å²) in [6.07, 6.45) is 0. The van der Waals surface area contributed by atoms with Gasteiger partial charge in [-0.25, -0.2) is 17.7 Å². The minimum absolute atomic E-state index is 0.0418. The van der Waals surface area contributed by atoms with Crippen LogP contribution in [0.2, 0.25) is 5.02 Å². The maximum absolute atomic E-state index is 12.5. The molecule has 1 aliphatic rings. The van der Waals surface area contributed by atoms with Crippen LogP contribution in [0.4, 0.5) is 0 Å². The van der Waals surface area contributed by atoms with Gasteiger partial charge in [-0.15, -0.1) is 11.3 Å². The van der Waals surface area contributed by atoms with E-state index in [0.29, 0.717) is 25.8 Å². The number of sulfonamides is 1. The number of fused-ring (bicyclic) bond motifs is 1. The summed E-state index contributed by atoms with van der Waals surface area (Å²) in [5.41, 5.74) is 0.534. The van der Waals surface area contributed by atoms with E-state index in [-0.39, 0.29) is 23.7 Å². The third kappa shape index (κ3) is 4.55. The maximum atomic E-state index is 12.5. The van der Waals surface area contributed by atoms with Gasteiger partial charge >= 0.3 is 5.97 Å². The molecule has 0 saturated heterocycles. The zero-order chi connectivity index (χ0) is 22.0. The summed E-state index contributed by atoms with van der Waals surface area (Å²) in [7, 11) is -4.06. The molecule has 2 heterocycles. The summed E-state index contributed by atoms with van der Waals surface area (Å²) in [6.45, 7) is -0.614. The van der Waals surface area contributed by atoms with Crippen LogP contribution in [-0.2, 0) is 32.8 Å². The molecule has 160 valence electrons. The van der Waals surface area contributed by atoms with Gasteiger partial charge in [-0.05, 0) is 36.4 Å². The van der Waals surface area contributed by atoms with E-state index >= 15 is 0 Å². The number of benzene rings is 2. The second-order valence-corrected chi connectivity index (χ2v) is 9.66. The van der Waals surface area contributed by atoms with Gasteiger partial charge in [-0.1, -0.05) is 23.7 Å². The molecule has 0 bridgehead atoms. The topological polar surface area (TPSA) is 103 Å². The molecule has 2 aromatic carbocycles. The van der Waals surface area contributed by atoms with Crippen LogP contribution >= 0.6 is 22.9 Å². The average Bonchev–Trinajstić information content (AvgIpc) is 3.29. The molecule has 0 fully saturated rings. The summed E-state index contributed by atoms with van der Waals surface area (Å²) < 4.78 is 36.2. The van der Waals surface area contributed by atoms with E-state index in [4.69, 9.17) is 21.1 Å². The predicted octanol–water partition coefficient (Wildman–Crippen LogP) is 3.26. The SMILES string of the molecule is O=C(CN1C(=O)c2ccccc2S1(=O)=O)OCc1csc(COc2ccc(Cl)cc2)n1. The van der Waals surface area contributed by atoms with E-state index in [1.165, 1.54) is 29.5 Å². The number of nitrogens with zero attached hydrogens (tertiary/aromatic N) is 2. The number of aromatic nitrogens is 1. The molecule has 1 amide bonds. The number of ether oxygens (including phenoxy) is 2. The van der Waals surface area contributed by atoms with Gasteiger partial charge in [-0.3, -0.25) is 9.59 Å². The summed E-state index contributed by atoms with van der Waals surface area (Å²) >= 11 is 7.17. The van der Waals surface area contributed by atoms with Crippen molar-refractivity contribution >= 4 is 44.8 Å². The number of hydrogen-bond acceptors (Lipinski definition) is 8. The molecule has 1 aliphatic heterocycles. The molecule has 0 N–H and O–H groups in total. The number of esters is 1. The van der Waals surface area contributed by atoms with Crippen molar-refractivity contribution in [1.82, 2.24) is 9.29 Å². The number of carbonyl (C=O) groups excluding carboxylic acids is 2. The summed E-state index contributed by atoms with van der Waals surface area (Å²) in [5.74, 6) is -0.954. The highest BCUT2D eigenvalue weighted by atomic mass is 35.5. The van der Waals surface area contributed by atoms with Crippen LogP contribution in [0, 0.1) is 0 Å². The van der Waals surface area contributed by atoms with E-state index in [1.807, 2.05) is 0 Å². The van der Waals surface area contributed by atoms with Crippen molar-refractivity contribution in [2.24, 2.45) is 0 Å². The fraction of sp³-hybridized carbons (Fsp3) is 0.150. The highest BCUT2D eigenvalue weighted by Crippen LogP contribution is 2.29. The van der Waals surface area contributed by atoms with Gasteiger partial charge < -0.3 is 9.47 Å². The summed E-state index contributed by atoms with van der Waals surface area (Å²) in [5, 5.41) is 2.99. The highest BCUT2D eigenvalue weighted by Gasteiger charge is 2.42. The minimum atomic E-state index is -4.06. The van der Waals surface area contributed by atoms with E-state index in [1.54, 1.807) is 35.7 Å². The average molecular weight is 479 g/mol. The predicted molar refractivity (Wildman–Crippen MR) is 112 cm³/mol. The molecule has 0 unspecified atom stereocenters. The zero-order valence-electron chi connectivity index (χ0n) is 15.9. The smallest absolute Gasteiger partial charge is 0.327 e. The monoisotopic (exact) mass is 478 g/mol. The number of amides is 1. The molecule has 11 heteroatoms. The van der Waals surface area contributed by atoms with E-state index < -0.39 is 28.4 Å². The molecule has 0 atom stereocenters. The highest BCUT2D eigenvalue weighted by molar-refractivity contribution is 7.90. The van der Waals surface area contributed by atoms with Crippen LogP contribution in [0.1, 0.15) is 21.1 Å². The summed E-state index contributed by atoms with van der Waals surface area (Å²) in [4.78, 5) is 28.7. The number of rotatable bonds is 7. The molecular weight excluding hydrogens is 464 g/mol. The standard InChI is InChI=1S/C20H15ClN2O6S2/c21-13-5-7-15(8-6-13)28-11-18-22-14(12-30-18)10-29-19(24)9-23-20(25)16-3-1-2-4-17(16)31(23,26)27/h1-8,12H,9-11H2. The Hall–Kier alpha value is -2.95. The Balaban J connectivity index is 1.31. The van der Waals surface area contributed by atoms with E-state index in [9.17, 15) is 18.0 Å². The number of hydrogen-bond donors (Lipinski definition) is 0. The van der Waals surface area contributed by atoms with Crippen molar-refractivity contribution in [2.75, 3.05) is 6.54 Å². The first-order valence-corrected chi connectivity index (χ1v) is 11.7. The van der Waals surface area contributed by atoms with Crippen LogP contribution in [0.15, 0.2) is 58.8 Å². The fourth-order valence-corrected chi connectivity index (χ4v) is 5.19. The lowest BCUT2D eigenvalue weighted by molar-refractivity contribution is -0.144. The van der Waals surface area contributed by atoms with Gasteiger partial charge in [0.1, 0.15) is 35.4 Å². The van der Waals surface area contributed by atoms with Crippen molar-refractivity contribution in [2.45, 2.75) is 18.1 Å². The molecule has 8 nitrogen and oxygen atoms in total. The van der Waals surface area contributed by atoms with Gasteiger partial charge in [0.2, 0.25) is 0 Å². The van der Waals surface area contributed by atoms with Crippen molar-refractivity contribution in [3.63, 3.8) is 0 Å². The second kappa shape index (κ2) is 8.66. The Bertz CT molecular complexity index is 1240. The Morgan fingerprint density at radius 1 is 1.10 bits per heavy atom. The van der Waals surface area contributed by atoms with Crippen LogP contribution in [0.25, 0.3) is 0 Å². The molecule has 4 rings (SSSR count). The molecule has 0 aliphatic carbocycles. The van der Waals surface area contributed by atoms with Gasteiger partial charge in [0.15, 0.2) is 0 Å². The minimum Gasteiger partial charge on any atom is -0.486 e. The van der Waals surface area contributed by atoms with Crippen molar-refractivity contribution in [3.8, 4) is 5.75 Å². The third-order valence-corrected chi connectivity index (χ3v) is 7.25. The van der Waals surface area contributed by atoms with Crippen LogP contribution in [0.3, 0.4) is 0 Å². The van der Waals surface area contributed by atoms with Gasteiger partial charge in [0, 0.05) is 10.4 Å².